The first-order valence-electron chi connectivity index (χ1n) is 7.57. The van der Waals surface area contributed by atoms with Crippen molar-refractivity contribution in [1.29, 1.82) is 0 Å². The second kappa shape index (κ2) is 7.13. The third-order valence-corrected chi connectivity index (χ3v) is 3.94. The zero-order valence-electron chi connectivity index (χ0n) is 12.2. The number of piperidine rings is 1. The first-order chi connectivity index (χ1) is 10.4. The predicted octanol–water partition coefficient (Wildman–Crippen LogP) is 2.51. The second-order valence-corrected chi connectivity index (χ2v) is 5.37. The van der Waals surface area contributed by atoms with Crippen LogP contribution < -0.4 is 5.32 Å². The van der Waals surface area contributed by atoms with Crippen LogP contribution in [0.5, 0.6) is 0 Å². The quantitative estimate of drug-likeness (QED) is 0.913. The highest BCUT2D eigenvalue weighted by atomic mass is 15.2. The number of hydrogen-bond acceptors (Lipinski definition) is 5. The summed E-state index contributed by atoms with van der Waals surface area (Å²) in [6.45, 7) is 3.13. The molecule has 1 aliphatic rings. The van der Waals surface area contributed by atoms with Gasteiger partial charge in [-0.1, -0.05) is 12.5 Å². The Bertz CT molecular complexity index is 525. The molecule has 0 aliphatic carbocycles. The molecule has 1 fully saturated rings. The summed E-state index contributed by atoms with van der Waals surface area (Å²) in [6, 6.07) is 4.50. The van der Waals surface area contributed by atoms with Gasteiger partial charge >= 0.3 is 0 Å². The fourth-order valence-electron chi connectivity index (χ4n) is 2.85. The van der Waals surface area contributed by atoms with Gasteiger partial charge in [-0.3, -0.25) is 14.9 Å². The molecule has 1 atom stereocenters. The van der Waals surface area contributed by atoms with Crippen molar-refractivity contribution in [1.82, 2.24) is 19.9 Å². The van der Waals surface area contributed by atoms with Crippen LogP contribution in [0.1, 0.15) is 30.9 Å². The number of hydrogen-bond donors (Lipinski definition) is 1. The van der Waals surface area contributed by atoms with E-state index in [1.807, 2.05) is 18.5 Å². The van der Waals surface area contributed by atoms with E-state index in [1.54, 1.807) is 18.6 Å². The average molecular weight is 283 g/mol. The number of nitrogens with zero attached hydrogens (tertiary/aromatic N) is 4. The van der Waals surface area contributed by atoms with Crippen molar-refractivity contribution in [2.24, 2.45) is 0 Å². The Labute approximate surface area is 125 Å². The lowest BCUT2D eigenvalue weighted by Crippen LogP contribution is -2.37. The molecule has 5 nitrogen and oxygen atoms in total. The molecule has 110 valence electrons. The molecule has 0 amide bonds. The molecule has 1 N–H and O–H groups in total. The van der Waals surface area contributed by atoms with Gasteiger partial charge < -0.3 is 5.32 Å². The fraction of sp³-hybridized carbons (Fsp3) is 0.438. The van der Waals surface area contributed by atoms with Gasteiger partial charge in [0.2, 0.25) is 0 Å². The van der Waals surface area contributed by atoms with E-state index >= 15 is 0 Å². The van der Waals surface area contributed by atoms with Crippen molar-refractivity contribution in [3.8, 4) is 0 Å². The van der Waals surface area contributed by atoms with Crippen LogP contribution in [0.25, 0.3) is 0 Å². The Hall–Kier alpha value is -2.01. The van der Waals surface area contributed by atoms with E-state index in [9.17, 15) is 0 Å². The number of likely N-dealkylation sites (tertiary alicyclic amines) is 1. The SMILES string of the molecule is c1cncc(C(CNc2cnccn2)N2CCCCC2)c1. The molecular formula is C16H21N5. The largest absolute Gasteiger partial charge is 0.367 e. The van der Waals surface area contributed by atoms with Gasteiger partial charge in [0.05, 0.1) is 12.2 Å². The lowest BCUT2D eigenvalue weighted by Gasteiger charge is -2.34. The van der Waals surface area contributed by atoms with E-state index in [1.165, 1.54) is 24.8 Å². The van der Waals surface area contributed by atoms with Crippen molar-refractivity contribution >= 4 is 5.82 Å². The minimum atomic E-state index is 0.334. The number of anilines is 1. The molecular weight excluding hydrogens is 262 g/mol. The first kappa shape index (κ1) is 13.9. The number of rotatable bonds is 5. The minimum absolute atomic E-state index is 0.334. The summed E-state index contributed by atoms with van der Waals surface area (Å²) in [5.41, 5.74) is 1.26. The van der Waals surface area contributed by atoms with E-state index in [2.05, 4.69) is 31.2 Å². The molecule has 21 heavy (non-hydrogen) atoms. The maximum atomic E-state index is 4.28. The van der Waals surface area contributed by atoms with Gasteiger partial charge in [-0.15, -0.1) is 0 Å². The molecule has 0 bridgehead atoms. The summed E-state index contributed by atoms with van der Waals surface area (Å²) in [5.74, 6) is 0.823. The molecule has 5 heteroatoms. The van der Waals surface area contributed by atoms with Crippen LogP contribution in [0, 0.1) is 0 Å². The van der Waals surface area contributed by atoms with E-state index in [4.69, 9.17) is 0 Å². The Balaban J connectivity index is 1.72. The highest BCUT2D eigenvalue weighted by Crippen LogP contribution is 2.24. The molecule has 0 spiro atoms. The molecule has 2 aromatic heterocycles. The number of pyridine rings is 1. The fourth-order valence-corrected chi connectivity index (χ4v) is 2.85. The van der Waals surface area contributed by atoms with Crippen molar-refractivity contribution in [2.45, 2.75) is 25.3 Å². The maximum absolute atomic E-state index is 4.28. The second-order valence-electron chi connectivity index (χ2n) is 5.37. The van der Waals surface area contributed by atoms with Gasteiger partial charge in [0.25, 0.3) is 0 Å². The molecule has 1 saturated heterocycles. The summed E-state index contributed by atoms with van der Waals surface area (Å²) in [4.78, 5) is 15.2. The van der Waals surface area contributed by atoms with Gasteiger partial charge in [0.15, 0.2) is 0 Å². The predicted molar refractivity (Wildman–Crippen MR) is 82.9 cm³/mol. The van der Waals surface area contributed by atoms with Crippen molar-refractivity contribution in [3.05, 3.63) is 48.7 Å². The van der Waals surface area contributed by atoms with Crippen molar-refractivity contribution in [2.75, 3.05) is 25.0 Å². The van der Waals surface area contributed by atoms with Crippen LogP contribution in [0.15, 0.2) is 43.1 Å². The highest BCUT2D eigenvalue weighted by Gasteiger charge is 2.22. The normalized spacial score (nSPS) is 17.3. The van der Waals surface area contributed by atoms with Gasteiger partial charge in [0, 0.05) is 31.3 Å². The average Bonchev–Trinajstić information content (AvgIpc) is 2.58. The molecule has 0 radical (unpaired) electrons. The maximum Gasteiger partial charge on any atom is 0.144 e. The first-order valence-corrected chi connectivity index (χ1v) is 7.57. The van der Waals surface area contributed by atoms with Gasteiger partial charge in [-0.05, 0) is 37.6 Å². The van der Waals surface area contributed by atoms with Crippen LogP contribution in [0.2, 0.25) is 0 Å². The zero-order chi connectivity index (χ0) is 14.3. The summed E-state index contributed by atoms with van der Waals surface area (Å²) in [7, 11) is 0. The van der Waals surface area contributed by atoms with Crippen LogP contribution in [-0.2, 0) is 0 Å². The molecule has 0 aromatic carbocycles. The van der Waals surface area contributed by atoms with Gasteiger partial charge in [-0.2, -0.15) is 0 Å². The highest BCUT2D eigenvalue weighted by molar-refractivity contribution is 5.31. The van der Waals surface area contributed by atoms with Crippen molar-refractivity contribution < 1.29 is 0 Å². The standard InChI is InChI=1S/C16H21N5/c1-2-9-21(10-3-1)15(14-5-4-6-17-11-14)12-20-16-13-18-7-8-19-16/h4-8,11,13,15H,1-3,9-10,12H2,(H,19,20). The zero-order valence-corrected chi connectivity index (χ0v) is 12.2. The van der Waals surface area contributed by atoms with E-state index < -0.39 is 0 Å². The molecule has 2 aromatic rings. The minimum Gasteiger partial charge on any atom is -0.367 e. The lowest BCUT2D eigenvalue weighted by atomic mass is 10.0. The summed E-state index contributed by atoms with van der Waals surface area (Å²) in [5, 5.41) is 3.40. The third kappa shape index (κ3) is 3.76. The third-order valence-electron chi connectivity index (χ3n) is 3.94. The smallest absolute Gasteiger partial charge is 0.144 e. The van der Waals surface area contributed by atoms with Crippen LogP contribution in [0.3, 0.4) is 0 Å². The Morgan fingerprint density at radius 2 is 1.90 bits per heavy atom. The lowest BCUT2D eigenvalue weighted by molar-refractivity contribution is 0.170. The Morgan fingerprint density at radius 3 is 2.62 bits per heavy atom. The molecule has 3 rings (SSSR count). The molecule has 1 aliphatic heterocycles. The van der Waals surface area contributed by atoms with E-state index in [0.29, 0.717) is 6.04 Å². The molecule has 3 heterocycles. The molecule has 0 saturated carbocycles. The van der Waals surface area contributed by atoms with Crippen LogP contribution >= 0.6 is 0 Å². The Morgan fingerprint density at radius 1 is 1.05 bits per heavy atom. The van der Waals surface area contributed by atoms with Crippen LogP contribution in [0.4, 0.5) is 5.82 Å². The summed E-state index contributed by atoms with van der Waals surface area (Å²) < 4.78 is 0. The topological polar surface area (TPSA) is 53.9 Å². The van der Waals surface area contributed by atoms with E-state index in [-0.39, 0.29) is 0 Å². The van der Waals surface area contributed by atoms with Gasteiger partial charge in [0.1, 0.15) is 5.82 Å². The van der Waals surface area contributed by atoms with Gasteiger partial charge in [-0.25, -0.2) is 4.98 Å². The summed E-state index contributed by atoms with van der Waals surface area (Å²) >= 11 is 0. The number of nitrogens with one attached hydrogen (secondary N) is 1. The van der Waals surface area contributed by atoms with Crippen LogP contribution in [-0.4, -0.2) is 39.5 Å². The summed E-state index contributed by atoms with van der Waals surface area (Å²) in [6.07, 6.45) is 12.9. The Kier molecular flexibility index (Phi) is 4.74. The molecule has 1 unspecified atom stereocenters. The monoisotopic (exact) mass is 283 g/mol. The van der Waals surface area contributed by atoms with E-state index in [0.717, 1.165) is 25.5 Å². The van der Waals surface area contributed by atoms with Crippen molar-refractivity contribution in [3.63, 3.8) is 0 Å². The number of aromatic nitrogens is 3.